The molecule has 1 atom stereocenters. The van der Waals surface area contributed by atoms with Crippen molar-refractivity contribution in [1.82, 2.24) is 19.3 Å². The van der Waals surface area contributed by atoms with Crippen LogP contribution in [0.15, 0.2) is 42.7 Å². The third-order valence-electron chi connectivity index (χ3n) is 4.65. The first-order valence-corrected chi connectivity index (χ1v) is 8.62. The number of nitrogens with zero attached hydrogens (tertiary/aromatic N) is 4. The molecule has 4 rings (SSSR count). The molecule has 0 fully saturated rings. The van der Waals surface area contributed by atoms with Crippen molar-refractivity contribution >= 4 is 11.7 Å². The van der Waals surface area contributed by atoms with Gasteiger partial charge in [-0.1, -0.05) is 37.3 Å². The predicted octanol–water partition coefficient (Wildman–Crippen LogP) is 3.17. The third kappa shape index (κ3) is 2.63. The number of carbonyl (C=O) groups is 1. The van der Waals surface area contributed by atoms with Gasteiger partial charge in [-0.3, -0.25) is 9.48 Å². The largest absolute Gasteiger partial charge is 0.334 e. The molecule has 1 aliphatic heterocycles. The lowest BCUT2D eigenvalue weighted by Gasteiger charge is -2.24. The molecule has 0 unspecified atom stereocenters. The first-order chi connectivity index (χ1) is 12.2. The highest BCUT2D eigenvalue weighted by Crippen LogP contribution is 2.42. The summed E-state index contributed by atoms with van der Waals surface area (Å²) in [4.78, 5) is 16.9. The zero-order chi connectivity index (χ0) is 17.4. The minimum atomic E-state index is -0.0887. The highest BCUT2D eigenvalue weighted by atomic mass is 16.1. The maximum atomic E-state index is 12.3. The van der Waals surface area contributed by atoms with E-state index in [0.717, 1.165) is 41.4 Å². The molecule has 6 nitrogen and oxygen atoms in total. The van der Waals surface area contributed by atoms with Crippen LogP contribution in [0.5, 0.6) is 0 Å². The molecule has 0 bridgehead atoms. The van der Waals surface area contributed by atoms with E-state index < -0.39 is 0 Å². The number of amides is 1. The van der Waals surface area contributed by atoms with Gasteiger partial charge in [-0.25, -0.2) is 4.98 Å². The third-order valence-corrected chi connectivity index (χ3v) is 4.65. The van der Waals surface area contributed by atoms with Crippen LogP contribution in [0, 0.1) is 0 Å². The molecule has 1 aromatic carbocycles. The molecule has 0 saturated carbocycles. The van der Waals surface area contributed by atoms with E-state index in [1.807, 2.05) is 37.6 Å². The van der Waals surface area contributed by atoms with Crippen molar-refractivity contribution in [2.75, 3.05) is 5.32 Å². The summed E-state index contributed by atoms with van der Waals surface area (Å²) in [6, 6.07) is 10.1. The van der Waals surface area contributed by atoms with Crippen LogP contribution in [0.4, 0.5) is 5.82 Å². The Hall–Kier alpha value is -2.89. The Bertz CT molecular complexity index is 909. The number of hydrogen-bond donors (Lipinski definition) is 1. The zero-order valence-electron chi connectivity index (χ0n) is 14.4. The van der Waals surface area contributed by atoms with E-state index in [9.17, 15) is 4.79 Å². The van der Waals surface area contributed by atoms with E-state index in [4.69, 9.17) is 5.10 Å². The summed E-state index contributed by atoms with van der Waals surface area (Å²) in [5.74, 6) is 1.62. The molecule has 25 heavy (non-hydrogen) atoms. The fraction of sp³-hybridized carbons (Fsp3) is 0.316. The number of hydrogen-bond acceptors (Lipinski definition) is 3. The molecule has 1 aliphatic rings. The minimum absolute atomic E-state index is 0.00570. The van der Waals surface area contributed by atoms with Crippen molar-refractivity contribution in [2.45, 2.75) is 32.2 Å². The monoisotopic (exact) mass is 335 g/mol. The first kappa shape index (κ1) is 15.6. The number of nitrogens with one attached hydrogen (secondary N) is 1. The molecule has 0 radical (unpaired) electrons. The Morgan fingerprint density at radius 3 is 2.84 bits per heavy atom. The fourth-order valence-electron chi connectivity index (χ4n) is 3.58. The van der Waals surface area contributed by atoms with E-state index in [1.54, 1.807) is 4.68 Å². The van der Waals surface area contributed by atoms with Crippen molar-refractivity contribution in [3.8, 4) is 11.3 Å². The van der Waals surface area contributed by atoms with E-state index in [-0.39, 0.29) is 11.8 Å². The summed E-state index contributed by atoms with van der Waals surface area (Å²) in [7, 11) is 1.87. The number of fused-ring (bicyclic) bond motifs is 1. The molecule has 0 saturated heterocycles. The number of aryl methyl sites for hydroxylation is 2. The van der Waals surface area contributed by atoms with Gasteiger partial charge in [0.15, 0.2) is 0 Å². The Balaban J connectivity index is 1.90. The molecule has 0 aliphatic carbocycles. The molecule has 3 heterocycles. The normalized spacial score (nSPS) is 16.6. The SMILES string of the molecule is CCCn1ccnc1[C@H]1CC(=O)Nc2c1c(-c1ccccc1)nn2C. The summed E-state index contributed by atoms with van der Waals surface area (Å²) in [5, 5.41) is 7.68. The van der Waals surface area contributed by atoms with E-state index in [1.165, 1.54) is 0 Å². The number of carbonyl (C=O) groups excluding carboxylic acids is 1. The van der Waals surface area contributed by atoms with E-state index in [2.05, 4.69) is 33.9 Å². The van der Waals surface area contributed by atoms with Crippen molar-refractivity contribution in [3.05, 3.63) is 54.1 Å². The molecule has 1 amide bonds. The molecule has 3 aromatic rings. The number of anilines is 1. The van der Waals surface area contributed by atoms with Crippen molar-refractivity contribution in [2.24, 2.45) is 7.05 Å². The van der Waals surface area contributed by atoms with Crippen LogP contribution >= 0.6 is 0 Å². The average molecular weight is 335 g/mol. The van der Waals surface area contributed by atoms with Crippen molar-refractivity contribution in [3.63, 3.8) is 0 Å². The van der Waals surface area contributed by atoms with Gasteiger partial charge in [0.25, 0.3) is 0 Å². The lowest BCUT2D eigenvalue weighted by molar-refractivity contribution is -0.116. The quantitative estimate of drug-likeness (QED) is 0.796. The molecule has 1 N–H and O–H groups in total. The van der Waals surface area contributed by atoms with E-state index >= 15 is 0 Å². The van der Waals surface area contributed by atoms with Gasteiger partial charge >= 0.3 is 0 Å². The average Bonchev–Trinajstić information content (AvgIpc) is 3.21. The van der Waals surface area contributed by atoms with Crippen LogP contribution in [0.25, 0.3) is 11.3 Å². The molecule has 128 valence electrons. The van der Waals surface area contributed by atoms with Gasteiger partial charge in [0, 0.05) is 43.5 Å². The Morgan fingerprint density at radius 1 is 1.28 bits per heavy atom. The summed E-state index contributed by atoms with van der Waals surface area (Å²) in [5.41, 5.74) is 3.01. The van der Waals surface area contributed by atoms with Gasteiger partial charge in [-0.2, -0.15) is 5.10 Å². The van der Waals surface area contributed by atoms with Crippen molar-refractivity contribution < 1.29 is 4.79 Å². The number of imidazole rings is 1. The Kier molecular flexibility index (Phi) is 3.87. The van der Waals surface area contributed by atoms with Gasteiger partial charge in [0.05, 0.1) is 11.6 Å². The standard InChI is InChI=1S/C19H21N5O/c1-3-10-24-11-9-20-18(24)14-12-15(25)21-19-16(14)17(22-23(19)2)13-7-5-4-6-8-13/h4-9,11,14H,3,10,12H2,1-2H3,(H,21,25)/t14-/m0/s1. The zero-order valence-corrected chi connectivity index (χ0v) is 14.4. The topological polar surface area (TPSA) is 64.7 Å². The van der Waals surface area contributed by atoms with E-state index in [0.29, 0.717) is 6.42 Å². The van der Waals surface area contributed by atoms with Gasteiger partial charge < -0.3 is 9.88 Å². The number of rotatable bonds is 4. The maximum Gasteiger partial charge on any atom is 0.226 e. The molecule has 0 spiro atoms. The number of aromatic nitrogens is 4. The van der Waals surface area contributed by atoms with Crippen molar-refractivity contribution in [1.29, 1.82) is 0 Å². The van der Waals surface area contributed by atoms with Crippen LogP contribution in [-0.2, 0) is 18.4 Å². The summed E-state index contributed by atoms with van der Waals surface area (Å²) < 4.78 is 3.91. The lowest BCUT2D eigenvalue weighted by atomic mass is 9.89. The second-order valence-electron chi connectivity index (χ2n) is 6.38. The highest BCUT2D eigenvalue weighted by molar-refractivity contribution is 5.96. The Morgan fingerprint density at radius 2 is 2.08 bits per heavy atom. The molecule has 2 aromatic heterocycles. The van der Waals surface area contributed by atoms with Crippen LogP contribution in [0.1, 0.15) is 37.1 Å². The van der Waals surface area contributed by atoms with Gasteiger partial charge in [0.1, 0.15) is 11.6 Å². The van der Waals surface area contributed by atoms with Gasteiger partial charge in [-0.15, -0.1) is 0 Å². The van der Waals surface area contributed by atoms with Gasteiger partial charge in [-0.05, 0) is 6.42 Å². The smallest absolute Gasteiger partial charge is 0.226 e. The minimum Gasteiger partial charge on any atom is -0.334 e. The fourth-order valence-corrected chi connectivity index (χ4v) is 3.58. The first-order valence-electron chi connectivity index (χ1n) is 8.62. The van der Waals surface area contributed by atoms with Gasteiger partial charge in [0.2, 0.25) is 5.91 Å². The second-order valence-corrected chi connectivity index (χ2v) is 6.38. The van der Waals surface area contributed by atoms with Crippen LogP contribution in [0.3, 0.4) is 0 Å². The molecular weight excluding hydrogens is 314 g/mol. The summed E-state index contributed by atoms with van der Waals surface area (Å²) in [6.45, 7) is 3.03. The Labute approximate surface area is 146 Å². The molecular formula is C19H21N5O. The summed E-state index contributed by atoms with van der Waals surface area (Å²) >= 11 is 0. The second kappa shape index (κ2) is 6.20. The van der Waals surface area contributed by atoms with Crippen LogP contribution in [0.2, 0.25) is 0 Å². The van der Waals surface area contributed by atoms with Crippen LogP contribution in [-0.4, -0.2) is 25.2 Å². The predicted molar refractivity (Wildman–Crippen MR) is 96.3 cm³/mol. The lowest BCUT2D eigenvalue weighted by Crippen LogP contribution is -2.26. The highest BCUT2D eigenvalue weighted by Gasteiger charge is 2.35. The maximum absolute atomic E-state index is 12.3. The summed E-state index contributed by atoms with van der Waals surface area (Å²) in [6.07, 6.45) is 5.21. The molecule has 6 heteroatoms. The van der Waals surface area contributed by atoms with Crippen LogP contribution < -0.4 is 5.32 Å². The number of benzene rings is 1.